The van der Waals surface area contributed by atoms with Crippen molar-refractivity contribution in [2.24, 2.45) is 0 Å². The SMILES string of the molecule is CCNC1CCCC1c1nc(-c2cccc(C)n2)no1. The molecule has 1 saturated carbocycles. The Morgan fingerprint density at radius 3 is 3.00 bits per heavy atom. The maximum absolute atomic E-state index is 5.48. The third-order valence-electron chi connectivity index (χ3n) is 3.86. The van der Waals surface area contributed by atoms with Gasteiger partial charge in [-0.3, -0.25) is 0 Å². The fourth-order valence-electron chi connectivity index (χ4n) is 2.92. The number of aryl methyl sites for hydroxylation is 1. The third-order valence-corrected chi connectivity index (χ3v) is 3.86. The highest BCUT2D eigenvalue weighted by Crippen LogP contribution is 2.34. The van der Waals surface area contributed by atoms with Crippen LogP contribution < -0.4 is 5.32 Å². The van der Waals surface area contributed by atoms with Crippen LogP contribution in [0.3, 0.4) is 0 Å². The van der Waals surface area contributed by atoms with E-state index in [0.717, 1.165) is 30.2 Å². The molecule has 5 heteroatoms. The lowest BCUT2D eigenvalue weighted by molar-refractivity contribution is 0.332. The minimum absolute atomic E-state index is 0.334. The van der Waals surface area contributed by atoms with Crippen molar-refractivity contribution in [3.05, 3.63) is 29.8 Å². The van der Waals surface area contributed by atoms with Crippen LogP contribution in [0.25, 0.3) is 11.5 Å². The second-order valence-electron chi connectivity index (χ2n) is 5.32. The van der Waals surface area contributed by atoms with Gasteiger partial charge < -0.3 is 9.84 Å². The highest BCUT2D eigenvalue weighted by atomic mass is 16.5. The number of pyridine rings is 1. The van der Waals surface area contributed by atoms with Crippen molar-refractivity contribution in [2.75, 3.05) is 6.54 Å². The molecule has 0 saturated heterocycles. The second kappa shape index (κ2) is 5.71. The Labute approximate surface area is 118 Å². The molecule has 3 rings (SSSR count). The summed E-state index contributed by atoms with van der Waals surface area (Å²) >= 11 is 0. The molecule has 2 aromatic rings. The van der Waals surface area contributed by atoms with Crippen molar-refractivity contribution in [1.82, 2.24) is 20.4 Å². The molecular weight excluding hydrogens is 252 g/mol. The fraction of sp³-hybridized carbons (Fsp3) is 0.533. The third kappa shape index (κ3) is 2.58. The van der Waals surface area contributed by atoms with Gasteiger partial charge in [0.15, 0.2) is 0 Å². The molecule has 0 radical (unpaired) electrons. The first-order valence-corrected chi connectivity index (χ1v) is 7.29. The topological polar surface area (TPSA) is 63.8 Å². The van der Waals surface area contributed by atoms with Gasteiger partial charge in [0.2, 0.25) is 11.7 Å². The molecule has 5 nitrogen and oxygen atoms in total. The van der Waals surface area contributed by atoms with Crippen LogP contribution in [0, 0.1) is 6.92 Å². The summed E-state index contributed by atoms with van der Waals surface area (Å²) in [6, 6.07) is 6.30. The summed E-state index contributed by atoms with van der Waals surface area (Å²) < 4.78 is 5.48. The van der Waals surface area contributed by atoms with Crippen molar-refractivity contribution in [1.29, 1.82) is 0 Å². The maximum atomic E-state index is 5.48. The van der Waals surface area contributed by atoms with Crippen molar-refractivity contribution in [2.45, 2.75) is 45.1 Å². The molecule has 0 aliphatic heterocycles. The number of hydrogen-bond donors (Lipinski definition) is 1. The molecule has 1 aliphatic carbocycles. The lowest BCUT2D eigenvalue weighted by Gasteiger charge is -2.16. The lowest BCUT2D eigenvalue weighted by atomic mass is 10.0. The van der Waals surface area contributed by atoms with Crippen molar-refractivity contribution >= 4 is 0 Å². The maximum Gasteiger partial charge on any atom is 0.231 e. The Morgan fingerprint density at radius 2 is 2.20 bits per heavy atom. The van der Waals surface area contributed by atoms with E-state index >= 15 is 0 Å². The minimum atomic E-state index is 0.334. The summed E-state index contributed by atoms with van der Waals surface area (Å²) in [4.78, 5) is 8.99. The van der Waals surface area contributed by atoms with Gasteiger partial charge in [-0.15, -0.1) is 0 Å². The van der Waals surface area contributed by atoms with E-state index in [0.29, 0.717) is 17.8 Å². The monoisotopic (exact) mass is 272 g/mol. The first-order chi connectivity index (χ1) is 9.78. The van der Waals surface area contributed by atoms with Crippen LogP contribution in [0.5, 0.6) is 0 Å². The van der Waals surface area contributed by atoms with Crippen LogP contribution in [0.4, 0.5) is 0 Å². The van der Waals surface area contributed by atoms with Gasteiger partial charge in [0.1, 0.15) is 5.69 Å². The molecule has 106 valence electrons. The number of nitrogens with one attached hydrogen (secondary N) is 1. The highest BCUT2D eigenvalue weighted by Gasteiger charge is 2.32. The van der Waals surface area contributed by atoms with Gasteiger partial charge in [-0.25, -0.2) is 4.98 Å². The minimum Gasteiger partial charge on any atom is -0.339 e. The molecule has 0 spiro atoms. The van der Waals surface area contributed by atoms with Gasteiger partial charge in [0.25, 0.3) is 0 Å². The van der Waals surface area contributed by atoms with Crippen LogP contribution in [0.1, 0.15) is 43.7 Å². The Morgan fingerprint density at radius 1 is 1.30 bits per heavy atom. The molecule has 0 amide bonds. The Hall–Kier alpha value is -1.75. The molecule has 2 atom stereocenters. The standard InChI is InChI=1S/C15H20N4O/c1-3-16-12-8-5-7-11(12)15-18-14(19-20-15)13-9-4-6-10(2)17-13/h4,6,9,11-12,16H,3,5,7-8H2,1-2H3. The predicted molar refractivity (Wildman–Crippen MR) is 76.3 cm³/mol. The summed E-state index contributed by atoms with van der Waals surface area (Å²) in [7, 11) is 0. The van der Waals surface area contributed by atoms with Crippen LogP contribution in [-0.2, 0) is 0 Å². The molecule has 2 unspecified atom stereocenters. The molecule has 20 heavy (non-hydrogen) atoms. The number of likely N-dealkylation sites (N-methyl/N-ethyl adjacent to an activating group) is 1. The molecule has 1 fully saturated rings. The van der Waals surface area contributed by atoms with Gasteiger partial charge in [0.05, 0.1) is 5.92 Å². The molecule has 2 heterocycles. The Kier molecular flexibility index (Phi) is 3.78. The average molecular weight is 272 g/mol. The molecular formula is C15H20N4O. The highest BCUT2D eigenvalue weighted by molar-refractivity contribution is 5.48. The van der Waals surface area contributed by atoms with E-state index in [1.54, 1.807) is 0 Å². The van der Waals surface area contributed by atoms with E-state index < -0.39 is 0 Å². The average Bonchev–Trinajstić information content (AvgIpc) is 3.07. The van der Waals surface area contributed by atoms with Crippen LogP contribution >= 0.6 is 0 Å². The van der Waals surface area contributed by atoms with E-state index in [1.807, 2.05) is 25.1 Å². The summed E-state index contributed by atoms with van der Waals surface area (Å²) in [6.07, 6.45) is 3.50. The molecule has 1 N–H and O–H groups in total. The van der Waals surface area contributed by atoms with Crippen molar-refractivity contribution < 1.29 is 4.52 Å². The van der Waals surface area contributed by atoms with Crippen LogP contribution in [0.2, 0.25) is 0 Å². The van der Waals surface area contributed by atoms with Crippen molar-refractivity contribution in [3.8, 4) is 11.5 Å². The van der Waals surface area contributed by atoms with Crippen molar-refractivity contribution in [3.63, 3.8) is 0 Å². The number of aromatic nitrogens is 3. The first kappa shape index (κ1) is 13.2. The lowest BCUT2D eigenvalue weighted by Crippen LogP contribution is -2.31. The normalized spacial score (nSPS) is 22.3. The Bertz CT molecular complexity index is 581. The van der Waals surface area contributed by atoms with Gasteiger partial charge in [-0.05, 0) is 38.4 Å². The van der Waals surface area contributed by atoms with Gasteiger partial charge in [-0.2, -0.15) is 4.98 Å². The number of rotatable bonds is 4. The predicted octanol–water partition coefficient (Wildman–Crippen LogP) is 2.69. The smallest absolute Gasteiger partial charge is 0.231 e. The van der Waals surface area contributed by atoms with Crippen LogP contribution in [0.15, 0.2) is 22.7 Å². The number of nitrogens with zero attached hydrogens (tertiary/aromatic N) is 3. The zero-order valence-electron chi connectivity index (χ0n) is 12.0. The molecule has 0 bridgehead atoms. The van der Waals surface area contributed by atoms with Gasteiger partial charge in [0, 0.05) is 11.7 Å². The van der Waals surface area contributed by atoms with E-state index in [9.17, 15) is 0 Å². The van der Waals surface area contributed by atoms with Gasteiger partial charge >= 0.3 is 0 Å². The summed E-state index contributed by atoms with van der Waals surface area (Å²) in [5.74, 6) is 1.67. The zero-order chi connectivity index (χ0) is 13.9. The largest absolute Gasteiger partial charge is 0.339 e. The molecule has 2 aromatic heterocycles. The summed E-state index contributed by atoms with van der Waals surface area (Å²) in [5.41, 5.74) is 1.73. The quantitative estimate of drug-likeness (QED) is 0.927. The first-order valence-electron chi connectivity index (χ1n) is 7.29. The number of hydrogen-bond acceptors (Lipinski definition) is 5. The van der Waals surface area contributed by atoms with Crippen LogP contribution in [-0.4, -0.2) is 27.7 Å². The van der Waals surface area contributed by atoms with Gasteiger partial charge in [-0.1, -0.05) is 24.6 Å². The zero-order valence-corrected chi connectivity index (χ0v) is 12.0. The summed E-state index contributed by atoms with van der Waals surface area (Å²) in [6.45, 7) is 5.07. The van der Waals surface area contributed by atoms with E-state index in [4.69, 9.17) is 4.52 Å². The molecule has 1 aliphatic rings. The van der Waals surface area contributed by atoms with E-state index in [1.165, 1.54) is 12.8 Å². The van der Waals surface area contributed by atoms with E-state index in [2.05, 4.69) is 27.4 Å². The Balaban J connectivity index is 1.83. The summed E-state index contributed by atoms with van der Waals surface area (Å²) in [5, 5.41) is 7.60. The molecule has 0 aromatic carbocycles. The fourth-order valence-corrected chi connectivity index (χ4v) is 2.92. The van der Waals surface area contributed by atoms with E-state index in [-0.39, 0.29) is 0 Å². The second-order valence-corrected chi connectivity index (χ2v) is 5.32.